The predicted octanol–water partition coefficient (Wildman–Crippen LogP) is 2.64. The molecule has 0 aromatic carbocycles. The van der Waals surface area contributed by atoms with E-state index in [1.54, 1.807) is 19.5 Å². The summed E-state index contributed by atoms with van der Waals surface area (Å²) in [6.07, 6.45) is 7.96. The molecule has 19 heavy (non-hydrogen) atoms. The first-order valence-corrected chi connectivity index (χ1v) is 7.01. The van der Waals surface area contributed by atoms with E-state index in [-0.39, 0.29) is 5.56 Å². The van der Waals surface area contributed by atoms with Gasteiger partial charge in [0.2, 0.25) is 5.95 Å². The summed E-state index contributed by atoms with van der Waals surface area (Å²) in [6.45, 7) is 8.07. The van der Waals surface area contributed by atoms with Crippen LogP contribution in [0.1, 0.15) is 45.1 Å². The molecule has 0 unspecified atom stereocenters. The Balaban J connectivity index is 2.67. The van der Waals surface area contributed by atoms with Crippen molar-refractivity contribution >= 4 is 12.3 Å². The molecule has 5 nitrogen and oxygen atoms in total. The highest BCUT2D eigenvalue weighted by Gasteiger charge is 2.00. The topological polar surface area (TPSA) is 61.4 Å². The minimum Gasteiger partial charge on any atom is -0.362 e. The third-order valence-corrected chi connectivity index (χ3v) is 2.91. The Morgan fingerprint density at radius 3 is 2.47 bits per heavy atom. The molecule has 0 bridgehead atoms. The summed E-state index contributed by atoms with van der Waals surface area (Å²) < 4.78 is 0. The molecule has 5 heteroatoms. The summed E-state index contributed by atoms with van der Waals surface area (Å²) in [6, 6.07) is 0. The van der Waals surface area contributed by atoms with Crippen molar-refractivity contribution in [2.45, 2.75) is 46.5 Å². The normalized spacial score (nSPS) is 11.1. The van der Waals surface area contributed by atoms with Gasteiger partial charge >= 0.3 is 0 Å². The number of rotatable bonds is 8. The van der Waals surface area contributed by atoms with Crippen LogP contribution in [0.4, 0.5) is 5.95 Å². The van der Waals surface area contributed by atoms with Crippen LogP contribution in [0.2, 0.25) is 0 Å². The average molecular weight is 264 g/mol. The SMILES string of the molecule is CCCCN(/C=N/c1ncc(C)c(=O)[nH]1)CCCC. The molecule has 0 spiro atoms. The minimum atomic E-state index is -0.129. The lowest BCUT2D eigenvalue weighted by atomic mass is 10.3. The van der Waals surface area contributed by atoms with Gasteiger partial charge in [0, 0.05) is 24.8 Å². The van der Waals surface area contributed by atoms with Gasteiger partial charge in [-0.25, -0.2) is 9.98 Å². The van der Waals surface area contributed by atoms with Gasteiger partial charge < -0.3 is 4.90 Å². The number of H-pyrrole nitrogens is 1. The maximum absolute atomic E-state index is 11.4. The number of hydrogen-bond acceptors (Lipinski definition) is 3. The Labute approximate surface area is 114 Å². The van der Waals surface area contributed by atoms with E-state index in [2.05, 4.69) is 33.7 Å². The molecule has 0 aliphatic heterocycles. The van der Waals surface area contributed by atoms with E-state index < -0.39 is 0 Å². The van der Waals surface area contributed by atoms with Crippen molar-refractivity contribution in [2.75, 3.05) is 13.1 Å². The second-order valence-corrected chi connectivity index (χ2v) is 4.71. The van der Waals surface area contributed by atoms with Gasteiger partial charge in [-0.2, -0.15) is 0 Å². The van der Waals surface area contributed by atoms with Crippen molar-refractivity contribution in [1.29, 1.82) is 0 Å². The largest absolute Gasteiger partial charge is 0.362 e. The van der Waals surface area contributed by atoms with E-state index in [9.17, 15) is 4.79 Å². The first-order valence-electron chi connectivity index (χ1n) is 7.01. The Bertz CT molecular complexity index is 445. The molecule has 1 aromatic heterocycles. The van der Waals surface area contributed by atoms with Crippen LogP contribution < -0.4 is 5.56 Å². The fourth-order valence-electron chi connectivity index (χ4n) is 1.60. The molecule has 0 radical (unpaired) electrons. The quantitative estimate of drug-likeness (QED) is 0.580. The molecule has 106 valence electrons. The average Bonchev–Trinajstić information content (AvgIpc) is 2.41. The van der Waals surface area contributed by atoms with E-state index in [0.717, 1.165) is 38.8 Å². The first kappa shape index (κ1) is 15.4. The van der Waals surface area contributed by atoms with Crippen LogP contribution in [-0.2, 0) is 0 Å². The van der Waals surface area contributed by atoms with Crippen molar-refractivity contribution in [3.63, 3.8) is 0 Å². The van der Waals surface area contributed by atoms with Crippen LogP contribution in [0.5, 0.6) is 0 Å². The molecule has 0 amide bonds. The number of aromatic nitrogens is 2. The highest BCUT2D eigenvalue weighted by Crippen LogP contribution is 2.01. The van der Waals surface area contributed by atoms with Crippen LogP contribution in [0.15, 0.2) is 16.0 Å². The molecule has 0 saturated heterocycles. The minimum absolute atomic E-state index is 0.129. The van der Waals surface area contributed by atoms with Crippen LogP contribution in [0, 0.1) is 6.92 Å². The number of nitrogens with zero attached hydrogens (tertiary/aromatic N) is 3. The van der Waals surface area contributed by atoms with Gasteiger partial charge in [0.15, 0.2) is 0 Å². The molecule has 0 saturated carbocycles. The Morgan fingerprint density at radius 1 is 1.32 bits per heavy atom. The van der Waals surface area contributed by atoms with Crippen LogP contribution in [-0.4, -0.2) is 34.3 Å². The summed E-state index contributed by atoms with van der Waals surface area (Å²) >= 11 is 0. The Hall–Kier alpha value is -1.65. The molecule has 1 aromatic rings. The van der Waals surface area contributed by atoms with Gasteiger partial charge in [-0.15, -0.1) is 0 Å². The lowest BCUT2D eigenvalue weighted by Gasteiger charge is -2.18. The lowest BCUT2D eigenvalue weighted by Crippen LogP contribution is -2.24. The summed E-state index contributed by atoms with van der Waals surface area (Å²) in [5.41, 5.74) is 0.476. The van der Waals surface area contributed by atoms with Gasteiger partial charge in [0.1, 0.15) is 0 Å². The number of aliphatic imine (C=N–C) groups is 1. The van der Waals surface area contributed by atoms with Crippen molar-refractivity contribution in [3.05, 3.63) is 22.1 Å². The van der Waals surface area contributed by atoms with Gasteiger partial charge in [-0.05, 0) is 19.8 Å². The van der Waals surface area contributed by atoms with Crippen LogP contribution in [0.25, 0.3) is 0 Å². The molecule has 0 aliphatic rings. The molecule has 1 rings (SSSR count). The van der Waals surface area contributed by atoms with Crippen LogP contribution in [0.3, 0.4) is 0 Å². The van der Waals surface area contributed by atoms with Gasteiger partial charge in [-0.1, -0.05) is 26.7 Å². The molecular weight excluding hydrogens is 240 g/mol. The Kier molecular flexibility index (Phi) is 6.85. The first-order chi connectivity index (χ1) is 9.17. The summed E-state index contributed by atoms with van der Waals surface area (Å²) in [5.74, 6) is 0.369. The predicted molar refractivity (Wildman–Crippen MR) is 79.1 cm³/mol. The number of nitrogens with one attached hydrogen (secondary N) is 1. The van der Waals surface area contributed by atoms with E-state index in [4.69, 9.17) is 0 Å². The Morgan fingerprint density at radius 2 is 1.95 bits per heavy atom. The smallest absolute Gasteiger partial charge is 0.255 e. The zero-order chi connectivity index (χ0) is 14.1. The molecule has 0 atom stereocenters. The molecule has 1 N–H and O–H groups in total. The van der Waals surface area contributed by atoms with Gasteiger partial charge in [0.05, 0.1) is 6.34 Å². The van der Waals surface area contributed by atoms with Gasteiger partial charge in [-0.3, -0.25) is 9.78 Å². The number of hydrogen-bond donors (Lipinski definition) is 1. The summed E-state index contributed by atoms with van der Waals surface area (Å²) in [7, 11) is 0. The highest BCUT2D eigenvalue weighted by molar-refractivity contribution is 5.58. The summed E-state index contributed by atoms with van der Waals surface area (Å²) in [5, 5.41) is 0. The number of unbranched alkanes of at least 4 members (excludes halogenated alkanes) is 2. The maximum atomic E-state index is 11.4. The lowest BCUT2D eigenvalue weighted by molar-refractivity contribution is 0.409. The second-order valence-electron chi connectivity index (χ2n) is 4.71. The molecule has 0 aliphatic carbocycles. The van der Waals surface area contributed by atoms with Crippen molar-refractivity contribution in [2.24, 2.45) is 4.99 Å². The van der Waals surface area contributed by atoms with Gasteiger partial charge in [0.25, 0.3) is 5.56 Å². The third-order valence-electron chi connectivity index (χ3n) is 2.91. The standard InChI is InChI=1S/C14H24N4O/c1-4-6-8-18(9-7-5-2)11-16-14-15-10-12(3)13(19)17-14/h10-11H,4-9H2,1-3H3,(H,15,17,19)/b16-11+. The van der Waals surface area contributed by atoms with E-state index >= 15 is 0 Å². The van der Waals surface area contributed by atoms with Crippen LogP contribution >= 0.6 is 0 Å². The molecule has 0 fully saturated rings. The van der Waals surface area contributed by atoms with E-state index in [0.29, 0.717) is 11.5 Å². The fraction of sp³-hybridized carbons (Fsp3) is 0.643. The zero-order valence-electron chi connectivity index (χ0n) is 12.1. The molecular formula is C14H24N4O. The zero-order valence-corrected chi connectivity index (χ0v) is 12.1. The number of aromatic amines is 1. The van der Waals surface area contributed by atoms with E-state index in [1.807, 2.05) is 0 Å². The summed E-state index contributed by atoms with van der Waals surface area (Å²) in [4.78, 5) is 24.6. The van der Waals surface area contributed by atoms with Crippen molar-refractivity contribution in [3.8, 4) is 0 Å². The van der Waals surface area contributed by atoms with Crippen molar-refractivity contribution < 1.29 is 0 Å². The molecule has 1 heterocycles. The monoisotopic (exact) mass is 264 g/mol. The fourth-order valence-corrected chi connectivity index (χ4v) is 1.60. The third kappa shape index (κ3) is 5.68. The van der Waals surface area contributed by atoms with Crippen molar-refractivity contribution in [1.82, 2.24) is 14.9 Å². The number of aryl methyl sites for hydroxylation is 1. The maximum Gasteiger partial charge on any atom is 0.255 e. The second kappa shape index (κ2) is 8.45. The van der Waals surface area contributed by atoms with E-state index in [1.165, 1.54) is 0 Å². The highest BCUT2D eigenvalue weighted by atomic mass is 16.1.